The predicted molar refractivity (Wildman–Crippen MR) is 76.2 cm³/mol. The number of rotatable bonds is 5. The van der Waals surface area contributed by atoms with Crippen molar-refractivity contribution in [2.45, 2.75) is 38.0 Å². The number of nitrogens with one attached hydrogen (secondary N) is 1. The monoisotopic (exact) mass is 281 g/mol. The van der Waals surface area contributed by atoms with Crippen LogP contribution in [-0.2, 0) is 0 Å². The van der Waals surface area contributed by atoms with E-state index in [2.05, 4.69) is 19.2 Å². The fraction of sp³-hybridized carbons (Fsp3) is 0.600. The van der Waals surface area contributed by atoms with Gasteiger partial charge in [-0.2, -0.15) is 0 Å². The molecule has 2 unspecified atom stereocenters. The maximum atomic E-state index is 9.30. The van der Waals surface area contributed by atoms with Crippen LogP contribution in [0.5, 0.6) is 11.5 Å². The summed E-state index contributed by atoms with van der Waals surface area (Å²) in [6.07, 6.45) is 0.0355. The van der Waals surface area contributed by atoms with Gasteiger partial charge in [0.15, 0.2) is 0 Å². The zero-order valence-corrected chi connectivity index (χ0v) is 12.2. The number of aliphatic hydroxyl groups is 2. The van der Waals surface area contributed by atoms with Gasteiger partial charge in [-0.05, 0) is 27.0 Å². The lowest BCUT2D eigenvalue weighted by atomic mass is 9.90. The SMILES string of the molecule is CNC1CC(C)(C)Oc2cc(OCC(O)CO)ccc21. The molecule has 0 amide bonds. The Morgan fingerprint density at radius 1 is 1.50 bits per heavy atom. The minimum absolute atomic E-state index is 0.0636. The van der Waals surface area contributed by atoms with E-state index in [0.29, 0.717) is 5.75 Å². The molecule has 0 bridgehead atoms. The first-order valence-electron chi connectivity index (χ1n) is 6.87. The molecule has 0 fully saturated rings. The molecule has 0 spiro atoms. The van der Waals surface area contributed by atoms with Crippen molar-refractivity contribution in [2.75, 3.05) is 20.3 Å². The van der Waals surface area contributed by atoms with Crippen LogP contribution in [0.4, 0.5) is 0 Å². The Balaban J connectivity index is 2.17. The number of fused-ring (bicyclic) bond motifs is 1. The van der Waals surface area contributed by atoms with Gasteiger partial charge in [0.05, 0.1) is 6.61 Å². The third-order valence-electron chi connectivity index (χ3n) is 3.44. The van der Waals surface area contributed by atoms with Crippen LogP contribution in [0, 0.1) is 0 Å². The fourth-order valence-electron chi connectivity index (χ4n) is 2.42. The lowest BCUT2D eigenvalue weighted by Gasteiger charge is -2.37. The van der Waals surface area contributed by atoms with Crippen molar-refractivity contribution in [1.29, 1.82) is 0 Å². The molecule has 5 nitrogen and oxygen atoms in total. The maximum absolute atomic E-state index is 9.30. The van der Waals surface area contributed by atoms with Crippen LogP contribution in [0.2, 0.25) is 0 Å². The van der Waals surface area contributed by atoms with Crippen molar-refractivity contribution in [2.24, 2.45) is 0 Å². The van der Waals surface area contributed by atoms with Gasteiger partial charge in [0.25, 0.3) is 0 Å². The Bertz CT molecular complexity index is 461. The molecule has 1 aromatic carbocycles. The van der Waals surface area contributed by atoms with Crippen LogP contribution in [0.1, 0.15) is 31.9 Å². The second-order valence-corrected chi connectivity index (χ2v) is 5.75. The molecule has 2 atom stereocenters. The largest absolute Gasteiger partial charge is 0.491 e. The molecule has 2 rings (SSSR count). The number of hydrogen-bond acceptors (Lipinski definition) is 5. The molecular weight excluding hydrogens is 258 g/mol. The normalized spacial score (nSPS) is 21.8. The lowest BCUT2D eigenvalue weighted by Crippen LogP contribution is -2.38. The average Bonchev–Trinajstić information content (AvgIpc) is 2.42. The van der Waals surface area contributed by atoms with E-state index < -0.39 is 6.10 Å². The summed E-state index contributed by atoms with van der Waals surface area (Å²) in [7, 11) is 1.94. The Morgan fingerprint density at radius 2 is 2.25 bits per heavy atom. The molecule has 1 aliphatic heterocycles. The third kappa shape index (κ3) is 3.42. The molecule has 5 heteroatoms. The standard InChI is InChI=1S/C15H23NO4/c1-15(2)7-13(16-3)12-5-4-11(6-14(12)20-15)19-9-10(18)8-17/h4-6,10,13,16-18H,7-9H2,1-3H3. The van der Waals surface area contributed by atoms with Crippen molar-refractivity contribution in [3.05, 3.63) is 23.8 Å². The van der Waals surface area contributed by atoms with Crippen LogP contribution in [0.25, 0.3) is 0 Å². The van der Waals surface area contributed by atoms with Crippen molar-refractivity contribution in [3.63, 3.8) is 0 Å². The summed E-state index contributed by atoms with van der Waals surface area (Å²) >= 11 is 0. The van der Waals surface area contributed by atoms with Crippen LogP contribution >= 0.6 is 0 Å². The molecule has 112 valence electrons. The summed E-state index contributed by atoms with van der Waals surface area (Å²) in [5.74, 6) is 1.43. The molecule has 0 aromatic heterocycles. The van der Waals surface area contributed by atoms with E-state index in [1.165, 1.54) is 0 Å². The first kappa shape index (κ1) is 15.1. The molecule has 0 radical (unpaired) electrons. The molecule has 0 saturated heterocycles. The number of benzene rings is 1. The number of hydrogen-bond donors (Lipinski definition) is 3. The Labute approximate surface area is 119 Å². The van der Waals surface area contributed by atoms with Crippen LogP contribution in [0.15, 0.2) is 18.2 Å². The molecule has 0 aliphatic carbocycles. The van der Waals surface area contributed by atoms with E-state index in [0.717, 1.165) is 17.7 Å². The molecule has 1 heterocycles. The van der Waals surface area contributed by atoms with E-state index >= 15 is 0 Å². The van der Waals surface area contributed by atoms with Gasteiger partial charge in [0.1, 0.15) is 29.8 Å². The van der Waals surface area contributed by atoms with Gasteiger partial charge in [-0.3, -0.25) is 0 Å². The minimum Gasteiger partial charge on any atom is -0.491 e. The summed E-state index contributed by atoms with van der Waals surface area (Å²) in [4.78, 5) is 0. The first-order chi connectivity index (χ1) is 9.45. The maximum Gasteiger partial charge on any atom is 0.128 e. The smallest absolute Gasteiger partial charge is 0.128 e. The van der Waals surface area contributed by atoms with Gasteiger partial charge in [-0.15, -0.1) is 0 Å². The minimum atomic E-state index is -0.867. The van der Waals surface area contributed by atoms with E-state index in [1.54, 1.807) is 0 Å². The predicted octanol–water partition coefficient (Wildman–Crippen LogP) is 1.24. The van der Waals surface area contributed by atoms with E-state index in [4.69, 9.17) is 14.6 Å². The Morgan fingerprint density at radius 3 is 2.90 bits per heavy atom. The molecule has 1 aliphatic rings. The summed E-state index contributed by atoms with van der Waals surface area (Å²) in [5.41, 5.74) is 0.881. The quantitative estimate of drug-likeness (QED) is 0.757. The van der Waals surface area contributed by atoms with Crippen LogP contribution in [-0.4, -0.2) is 42.2 Å². The van der Waals surface area contributed by atoms with Crippen molar-refractivity contribution < 1.29 is 19.7 Å². The Kier molecular flexibility index (Phi) is 4.52. The topological polar surface area (TPSA) is 71.0 Å². The van der Waals surface area contributed by atoms with E-state index in [1.807, 2.05) is 25.2 Å². The summed E-state index contributed by atoms with van der Waals surface area (Å²) in [6.45, 7) is 3.87. The zero-order valence-electron chi connectivity index (χ0n) is 12.2. The molecule has 3 N–H and O–H groups in total. The highest BCUT2D eigenvalue weighted by Crippen LogP contribution is 2.40. The van der Waals surface area contributed by atoms with Gasteiger partial charge in [0.2, 0.25) is 0 Å². The van der Waals surface area contributed by atoms with E-state index in [9.17, 15) is 5.11 Å². The van der Waals surface area contributed by atoms with Crippen molar-refractivity contribution >= 4 is 0 Å². The lowest BCUT2D eigenvalue weighted by molar-refractivity contribution is 0.0519. The third-order valence-corrected chi connectivity index (χ3v) is 3.44. The summed E-state index contributed by atoms with van der Waals surface area (Å²) in [6, 6.07) is 5.93. The van der Waals surface area contributed by atoms with Gasteiger partial charge >= 0.3 is 0 Å². The van der Waals surface area contributed by atoms with Gasteiger partial charge in [0, 0.05) is 24.1 Å². The highest BCUT2D eigenvalue weighted by atomic mass is 16.5. The van der Waals surface area contributed by atoms with Crippen molar-refractivity contribution in [3.8, 4) is 11.5 Å². The second-order valence-electron chi connectivity index (χ2n) is 5.75. The fourth-order valence-corrected chi connectivity index (χ4v) is 2.42. The molecule has 20 heavy (non-hydrogen) atoms. The van der Waals surface area contributed by atoms with Gasteiger partial charge in [-0.25, -0.2) is 0 Å². The van der Waals surface area contributed by atoms with Crippen LogP contribution < -0.4 is 14.8 Å². The van der Waals surface area contributed by atoms with Crippen molar-refractivity contribution in [1.82, 2.24) is 5.32 Å². The molecular formula is C15H23NO4. The number of aliphatic hydroxyl groups excluding tert-OH is 2. The van der Waals surface area contributed by atoms with Crippen LogP contribution in [0.3, 0.4) is 0 Å². The Hall–Kier alpha value is -1.30. The molecule has 0 saturated carbocycles. The van der Waals surface area contributed by atoms with Gasteiger partial charge in [-0.1, -0.05) is 6.07 Å². The first-order valence-corrected chi connectivity index (χ1v) is 6.87. The average molecular weight is 281 g/mol. The summed E-state index contributed by atoms with van der Waals surface area (Å²) in [5, 5.41) is 21.4. The highest BCUT2D eigenvalue weighted by molar-refractivity contribution is 5.44. The van der Waals surface area contributed by atoms with E-state index in [-0.39, 0.29) is 24.9 Å². The van der Waals surface area contributed by atoms with Gasteiger partial charge < -0.3 is 25.0 Å². The number of ether oxygens (including phenoxy) is 2. The second kappa shape index (κ2) is 5.99. The highest BCUT2D eigenvalue weighted by Gasteiger charge is 2.33. The molecule has 1 aromatic rings. The zero-order chi connectivity index (χ0) is 14.8. The summed E-state index contributed by atoms with van der Waals surface area (Å²) < 4.78 is 11.4.